The van der Waals surface area contributed by atoms with E-state index in [9.17, 15) is 4.79 Å². The molecule has 0 aromatic heterocycles. The SMILES string of the molecule is CCC(NCC1CN(C)CCN1C)C(=O)O. The van der Waals surface area contributed by atoms with E-state index in [0.717, 1.165) is 26.2 Å². The lowest BCUT2D eigenvalue weighted by Gasteiger charge is -2.38. The number of nitrogens with one attached hydrogen (secondary N) is 1. The van der Waals surface area contributed by atoms with E-state index in [1.54, 1.807) is 0 Å². The van der Waals surface area contributed by atoms with Crippen molar-refractivity contribution in [2.45, 2.75) is 25.4 Å². The van der Waals surface area contributed by atoms with Crippen LogP contribution in [0.3, 0.4) is 0 Å². The van der Waals surface area contributed by atoms with Crippen molar-refractivity contribution in [2.24, 2.45) is 0 Å². The van der Waals surface area contributed by atoms with Crippen LogP contribution in [0, 0.1) is 0 Å². The molecule has 1 heterocycles. The van der Waals surface area contributed by atoms with Gasteiger partial charge in [0.05, 0.1) is 0 Å². The van der Waals surface area contributed by atoms with Gasteiger partial charge in [-0.25, -0.2) is 0 Å². The monoisotopic (exact) mass is 229 g/mol. The Bertz CT molecular complexity index is 235. The highest BCUT2D eigenvalue weighted by atomic mass is 16.4. The summed E-state index contributed by atoms with van der Waals surface area (Å²) in [6.07, 6.45) is 0.627. The molecule has 1 aliphatic heterocycles. The van der Waals surface area contributed by atoms with Gasteiger partial charge in [0.1, 0.15) is 6.04 Å². The highest BCUT2D eigenvalue weighted by Gasteiger charge is 2.23. The highest BCUT2D eigenvalue weighted by Crippen LogP contribution is 2.05. The van der Waals surface area contributed by atoms with Gasteiger partial charge in [-0.3, -0.25) is 9.69 Å². The van der Waals surface area contributed by atoms with Gasteiger partial charge in [0.2, 0.25) is 0 Å². The number of hydrogen-bond donors (Lipinski definition) is 2. The Labute approximate surface area is 97.4 Å². The fraction of sp³-hybridized carbons (Fsp3) is 0.909. The lowest BCUT2D eigenvalue weighted by Crippen LogP contribution is -2.55. The predicted molar refractivity (Wildman–Crippen MR) is 63.6 cm³/mol. The number of piperazine rings is 1. The van der Waals surface area contributed by atoms with Crippen molar-refractivity contribution in [3.8, 4) is 0 Å². The van der Waals surface area contributed by atoms with Gasteiger partial charge in [0, 0.05) is 32.2 Å². The molecule has 0 bridgehead atoms. The van der Waals surface area contributed by atoms with Gasteiger partial charge in [-0.2, -0.15) is 0 Å². The second-order valence-corrected chi connectivity index (χ2v) is 4.60. The second kappa shape index (κ2) is 6.18. The van der Waals surface area contributed by atoms with Crippen LogP contribution in [0.25, 0.3) is 0 Å². The Morgan fingerprint density at radius 1 is 1.50 bits per heavy atom. The summed E-state index contributed by atoms with van der Waals surface area (Å²) in [6.45, 7) is 5.77. The molecule has 1 rings (SSSR count). The van der Waals surface area contributed by atoms with E-state index in [0.29, 0.717) is 12.5 Å². The molecule has 2 N–H and O–H groups in total. The second-order valence-electron chi connectivity index (χ2n) is 4.60. The topological polar surface area (TPSA) is 55.8 Å². The molecule has 0 aromatic rings. The minimum Gasteiger partial charge on any atom is -0.480 e. The van der Waals surface area contributed by atoms with E-state index in [4.69, 9.17) is 5.11 Å². The fourth-order valence-corrected chi connectivity index (χ4v) is 2.01. The van der Waals surface area contributed by atoms with Crippen LogP contribution < -0.4 is 5.32 Å². The molecule has 0 aliphatic carbocycles. The third kappa shape index (κ3) is 3.73. The highest BCUT2D eigenvalue weighted by molar-refractivity contribution is 5.73. The molecule has 1 fully saturated rings. The van der Waals surface area contributed by atoms with Gasteiger partial charge in [0.15, 0.2) is 0 Å². The van der Waals surface area contributed by atoms with E-state index in [1.807, 2.05) is 6.92 Å². The molecular weight excluding hydrogens is 206 g/mol. The van der Waals surface area contributed by atoms with E-state index in [-0.39, 0.29) is 0 Å². The van der Waals surface area contributed by atoms with Gasteiger partial charge in [-0.15, -0.1) is 0 Å². The molecule has 94 valence electrons. The Kier molecular flexibility index (Phi) is 5.18. The first-order valence-electron chi connectivity index (χ1n) is 5.89. The molecule has 0 radical (unpaired) electrons. The Balaban J connectivity index is 2.37. The van der Waals surface area contributed by atoms with E-state index in [2.05, 4.69) is 29.2 Å². The fourth-order valence-electron chi connectivity index (χ4n) is 2.01. The average Bonchev–Trinajstić information content (AvgIpc) is 2.23. The number of likely N-dealkylation sites (N-methyl/N-ethyl adjacent to an activating group) is 2. The first kappa shape index (κ1) is 13.4. The van der Waals surface area contributed by atoms with Gasteiger partial charge >= 0.3 is 5.97 Å². The van der Waals surface area contributed by atoms with Crippen molar-refractivity contribution in [1.82, 2.24) is 15.1 Å². The molecule has 5 nitrogen and oxygen atoms in total. The number of carbonyl (C=O) groups is 1. The van der Waals surface area contributed by atoms with Crippen LogP contribution in [-0.2, 0) is 4.79 Å². The number of carboxylic acids is 1. The van der Waals surface area contributed by atoms with Crippen molar-refractivity contribution in [1.29, 1.82) is 0 Å². The van der Waals surface area contributed by atoms with Crippen LogP contribution >= 0.6 is 0 Å². The summed E-state index contributed by atoms with van der Waals surface area (Å²) in [5, 5.41) is 12.1. The lowest BCUT2D eigenvalue weighted by atomic mass is 10.1. The van der Waals surface area contributed by atoms with Crippen molar-refractivity contribution >= 4 is 5.97 Å². The number of nitrogens with zero attached hydrogens (tertiary/aromatic N) is 2. The van der Waals surface area contributed by atoms with Crippen LogP contribution in [0.15, 0.2) is 0 Å². The largest absolute Gasteiger partial charge is 0.480 e. The first-order chi connectivity index (χ1) is 7.54. The maximum absolute atomic E-state index is 10.9. The van der Waals surface area contributed by atoms with E-state index in [1.165, 1.54) is 0 Å². The minimum atomic E-state index is -0.755. The van der Waals surface area contributed by atoms with Crippen molar-refractivity contribution in [3.05, 3.63) is 0 Å². The lowest BCUT2D eigenvalue weighted by molar-refractivity contribution is -0.139. The molecule has 0 spiro atoms. The summed E-state index contributed by atoms with van der Waals surface area (Å²) in [5.74, 6) is -0.755. The number of carboxylic acid groups (broad SMARTS) is 1. The molecule has 0 aromatic carbocycles. The maximum atomic E-state index is 10.9. The normalized spacial score (nSPS) is 25.6. The van der Waals surface area contributed by atoms with Crippen LogP contribution in [0.2, 0.25) is 0 Å². The zero-order valence-electron chi connectivity index (χ0n) is 10.4. The summed E-state index contributed by atoms with van der Waals surface area (Å²) < 4.78 is 0. The standard InChI is InChI=1S/C11H23N3O2/c1-4-10(11(15)16)12-7-9-8-13(2)5-6-14(9)3/h9-10,12H,4-8H2,1-3H3,(H,15,16). The number of rotatable bonds is 5. The molecule has 2 unspecified atom stereocenters. The average molecular weight is 229 g/mol. The first-order valence-corrected chi connectivity index (χ1v) is 5.89. The van der Waals surface area contributed by atoms with E-state index < -0.39 is 12.0 Å². The van der Waals surface area contributed by atoms with E-state index >= 15 is 0 Å². The molecule has 0 saturated carbocycles. The van der Waals surface area contributed by atoms with Crippen molar-refractivity contribution in [3.63, 3.8) is 0 Å². The van der Waals surface area contributed by atoms with Crippen LogP contribution in [0.1, 0.15) is 13.3 Å². The Morgan fingerprint density at radius 3 is 2.75 bits per heavy atom. The zero-order valence-corrected chi connectivity index (χ0v) is 10.4. The van der Waals surface area contributed by atoms with Crippen molar-refractivity contribution in [2.75, 3.05) is 40.3 Å². The minimum absolute atomic E-state index is 0.409. The van der Waals surface area contributed by atoms with Gasteiger partial charge in [-0.05, 0) is 20.5 Å². The molecule has 5 heteroatoms. The summed E-state index contributed by atoms with van der Waals surface area (Å²) in [7, 11) is 4.20. The quantitative estimate of drug-likeness (QED) is 0.677. The maximum Gasteiger partial charge on any atom is 0.320 e. The molecule has 0 amide bonds. The number of aliphatic carboxylic acids is 1. The van der Waals surface area contributed by atoms with Crippen LogP contribution in [-0.4, -0.2) is 73.2 Å². The Hall–Kier alpha value is -0.650. The molecular formula is C11H23N3O2. The van der Waals surface area contributed by atoms with Crippen LogP contribution in [0.4, 0.5) is 0 Å². The summed E-state index contributed by atoms with van der Waals surface area (Å²) >= 11 is 0. The summed E-state index contributed by atoms with van der Waals surface area (Å²) in [4.78, 5) is 15.4. The predicted octanol–water partition coefficient (Wildman–Crippen LogP) is -0.315. The van der Waals surface area contributed by atoms with Crippen LogP contribution in [0.5, 0.6) is 0 Å². The smallest absolute Gasteiger partial charge is 0.320 e. The van der Waals surface area contributed by atoms with Gasteiger partial charge in [0.25, 0.3) is 0 Å². The van der Waals surface area contributed by atoms with Crippen molar-refractivity contribution < 1.29 is 9.90 Å². The van der Waals surface area contributed by atoms with Gasteiger partial charge < -0.3 is 15.3 Å². The molecule has 16 heavy (non-hydrogen) atoms. The molecule has 1 saturated heterocycles. The Morgan fingerprint density at radius 2 is 2.19 bits per heavy atom. The van der Waals surface area contributed by atoms with Gasteiger partial charge in [-0.1, -0.05) is 6.92 Å². The third-order valence-corrected chi connectivity index (χ3v) is 3.29. The zero-order chi connectivity index (χ0) is 12.1. The summed E-state index contributed by atoms with van der Waals surface area (Å²) in [6, 6.07) is -0.00668. The number of hydrogen-bond acceptors (Lipinski definition) is 4. The summed E-state index contributed by atoms with van der Waals surface area (Å²) in [5.41, 5.74) is 0. The molecule has 2 atom stereocenters. The third-order valence-electron chi connectivity index (χ3n) is 3.29. The molecule has 1 aliphatic rings.